The summed E-state index contributed by atoms with van der Waals surface area (Å²) in [4.78, 5) is 5.97. The summed E-state index contributed by atoms with van der Waals surface area (Å²) in [5.74, 6) is 6.82. The number of hydrogen-bond donors (Lipinski definition) is 2. The maximum Gasteiger partial charge on any atom is 0.111 e. The van der Waals surface area contributed by atoms with Crippen LogP contribution in [0.2, 0.25) is 0 Å². The van der Waals surface area contributed by atoms with Gasteiger partial charge in [0.25, 0.3) is 0 Å². The number of para-hydroxylation sites is 2. The zero-order chi connectivity index (χ0) is 14.8. The van der Waals surface area contributed by atoms with Crippen molar-refractivity contribution in [2.45, 2.75) is 25.9 Å². The van der Waals surface area contributed by atoms with Crippen LogP contribution in [0.4, 0.5) is 0 Å². The number of fused-ring (bicyclic) bond motifs is 1. The minimum atomic E-state index is 0.0569. The zero-order valence-corrected chi connectivity index (χ0v) is 14.1. The van der Waals surface area contributed by atoms with Gasteiger partial charge in [0.2, 0.25) is 0 Å². The van der Waals surface area contributed by atoms with Gasteiger partial charge in [-0.15, -0.1) is 11.3 Å². The third-order valence-corrected chi connectivity index (χ3v) is 5.58. The van der Waals surface area contributed by atoms with Crippen LogP contribution in [0.1, 0.15) is 23.7 Å². The van der Waals surface area contributed by atoms with Gasteiger partial charge in [0.1, 0.15) is 5.82 Å². The quantitative estimate of drug-likeness (QED) is 0.536. The van der Waals surface area contributed by atoms with E-state index in [0.717, 1.165) is 28.8 Å². The Morgan fingerprint density at radius 3 is 2.86 bits per heavy atom. The van der Waals surface area contributed by atoms with Crippen LogP contribution in [0.5, 0.6) is 0 Å². The predicted molar refractivity (Wildman–Crippen MR) is 91.2 cm³/mol. The smallest absolute Gasteiger partial charge is 0.111 e. The first-order valence-electron chi connectivity index (χ1n) is 6.87. The van der Waals surface area contributed by atoms with Crippen LogP contribution in [0.15, 0.2) is 40.2 Å². The third-order valence-electron chi connectivity index (χ3n) is 3.60. The molecule has 0 bridgehead atoms. The number of nitrogens with one attached hydrogen (secondary N) is 1. The lowest BCUT2D eigenvalue weighted by atomic mass is 10.1. The van der Waals surface area contributed by atoms with Crippen molar-refractivity contribution < 1.29 is 0 Å². The lowest BCUT2D eigenvalue weighted by Gasteiger charge is -2.15. The number of aromatic nitrogens is 2. The Labute approximate surface area is 136 Å². The summed E-state index contributed by atoms with van der Waals surface area (Å²) in [5.41, 5.74) is 5.13. The van der Waals surface area contributed by atoms with Gasteiger partial charge in [0.05, 0.1) is 17.1 Å². The van der Waals surface area contributed by atoms with Gasteiger partial charge in [-0.3, -0.25) is 11.3 Å². The topological polar surface area (TPSA) is 55.9 Å². The third kappa shape index (κ3) is 2.76. The monoisotopic (exact) mass is 364 g/mol. The van der Waals surface area contributed by atoms with Gasteiger partial charge >= 0.3 is 0 Å². The van der Waals surface area contributed by atoms with Gasteiger partial charge in [-0.2, -0.15) is 0 Å². The molecule has 2 heterocycles. The minimum Gasteiger partial charge on any atom is -0.328 e. The Morgan fingerprint density at radius 1 is 1.38 bits per heavy atom. The molecule has 4 nitrogen and oxygen atoms in total. The molecule has 0 saturated carbocycles. The van der Waals surface area contributed by atoms with E-state index in [-0.39, 0.29) is 6.04 Å². The largest absolute Gasteiger partial charge is 0.328 e. The number of nitrogens with zero attached hydrogens (tertiary/aromatic N) is 2. The van der Waals surface area contributed by atoms with E-state index in [0.29, 0.717) is 0 Å². The van der Waals surface area contributed by atoms with Gasteiger partial charge in [-0.1, -0.05) is 12.1 Å². The van der Waals surface area contributed by atoms with Gasteiger partial charge in [0, 0.05) is 22.3 Å². The lowest BCUT2D eigenvalue weighted by Crippen LogP contribution is -2.30. The van der Waals surface area contributed by atoms with E-state index in [4.69, 9.17) is 10.8 Å². The molecule has 0 aliphatic rings. The van der Waals surface area contributed by atoms with Crippen molar-refractivity contribution in [1.82, 2.24) is 15.0 Å². The second-order valence-corrected chi connectivity index (χ2v) is 6.62. The highest BCUT2D eigenvalue weighted by molar-refractivity contribution is 9.10. The molecule has 0 saturated heterocycles. The second-order valence-electron chi connectivity index (χ2n) is 4.82. The van der Waals surface area contributed by atoms with Crippen molar-refractivity contribution in [1.29, 1.82) is 0 Å². The number of rotatable bonds is 5. The zero-order valence-electron chi connectivity index (χ0n) is 11.7. The molecule has 21 heavy (non-hydrogen) atoms. The van der Waals surface area contributed by atoms with Crippen molar-refractivity contribution in [3.05, 3.63) is 50.9 Å². The molecular weight excluding hydrogens is 348 g/mol. The number of hydrazine groups is 1. The van der Waals surface area contributed by atoms with Gasteiger partial charge < -0.3 is 4.57 Å². The number of hydrogen-bond acceptors (Lipinski definition) is 4. The van der Waals surface area contributed by atoms with Crippen molar-refractivity contribution in [3.63, 3.8) is 0 Å². The van der Waals surface area contributed by atoms with Gasteiger partial charge in [-0.05, 0) is 46.4 Å². The highest BCUT2D eigenvalue weighted by atomic mass is 79.9. The molecule has 2 aromatic heterocycles. The fourth-order valence-electron chi connectivity index (χ4n) is 2.60. The number of thiophene rings is 1. The summed E-state index contributed by atoms with van der Waals surface area (Å²) in [6.07, 6.45) is 0.762. The summed E-state index contributed by atoms with van der Waals surface area (Å²) in [7, 11) is 0. The molecule has 0 fully saturated rings. The van der Waals surface area contributed by atoms with Gasteiger partial charge in [-0.25, -0.2) is 4.98 Å². The molecule has 3 rings (SSSR count). The fourth-order valence-corrected chi connectivity index (χ4v) is 4.31. The van der Waals surface area contributed by atoms with Crippen LogP contribution in [-0.4, -0.2) is 9.55 Å². The molecule has 0 aliphatic heterocycles. The summed E-state index contributed by atoms with van der Waals surface area (Å²) in [6, 6.07) is 10.3. The molecule has 0 radical (unpaired) electrons. The van der Waals surface area contributed by atoms with Crippen LogP contribution >= 0.6 is 27.3 Å². The van der Waals surface area contributed by atoms with Crippen molar-refractivity contribution in [2.75, 3.05) is 0 Å². The van der Waals surface area contributed by atoms with Crippen molar-refractivity contribution in [2.24, 2.45) is 5.84 Å². The molecule has 6 heteroatoms. The molecular formula is C15H17BrN4S. The van der Waals surface area contributed by atoms with Crippen LogP contribution in [0, 0.1) is 0 Å². The Hall–Kier alpha value is -1.21. The summed E-state index contributed by atoms with van der Waals surface area (Å²) >= 11 is 5.27. The average Bonchev–Trinajstić information content (AvgIpc) is 3.07. The number of halogens is 1. The van der Waals surface area contributed by atoms with E-state index in [1.165, 1.54) is 10.4 Å². The Kier molecular flexibility index (Phi) is 4.40. The Balaban J connectivity index is 1.98. The Bertz CT molecular complexity index is 749. The maximum absolute atomic E-state index is 5.77. The number of nitrogens with two attached hydrogens (primary N) is 1. The summed E-state index contributed by atoms with van der Waals surface area (Å²) in [6.45, 7) is 3.04. The number of imidazole rings is 1. The van der Waals surface area contributed by atoms with Crippen molar-refractivity contribution in [3.8, 4) is 0 Å². The summed E-state index contributed by atoms with van der Waals surface area (Å²) in [5, 5.41) is 2.06. The molecule has 0 spiro atoms. The highest BCUT2D eigenvalue weighted by Gasteiger charge is 2.19. The second kappa shape index (κ2) is 6.27. The highest BCUT2D eigenvalue weighted by Crippen LogP contribution is 2.31. The lowest BCUT2D eigenvalue weighted by molar-refractivity contribution is 0.531. The van der Waals surface area contributed by atoms with Crippen LogP contribution in [0.3, 0.4) is 0 Å². The molecule has 1 atom stereocenters. The first-order valence-corrected chi connectivity index (χ1v) is 8.55. The summed E-state index contributed by atoms with van der Waals surface area (Å²) < 4.78 is 3.34. The minimum absolute atomic E-state index is 0.0569. The maximum atomic E-state index is 5.77. The average molecular weight is 365 g/mol. The fraction of sp³-hybridized carbons (Fsp3) is 0.267. The van der Waals surface area contributed by atoms with Crippen LogP contribution in [0.25, 0.3) is 11.0 Å². The molecule has 1 unspecified atom stereocenters. The standard InChI is InChI=1S/C15H17BrN4S/c1-2-20-13-6-4-3-5-11(13)18-14(20)9-12(19-17)15-10(16)7-8-21-15/h3-8,12,19H,2,9,17H2,1H3. The Morgan fingerprint density at radius 2 is 2.19 bits per heavy atom. The van der Waals surface area contributed by atoms with Crippen LogP contribution in [-0.2, 0) is 13.0 Å². The number of aryl methyl sites for hydroxylation is 1. The van der Waals surface area contributed by atoms with E-state index < -0.39 is 0 Å². The number of benzene rings is 1. The van der Waals surface area contributed by atoms with E-state index in [1.807, 2.05) is 12.1 Å². The molecule has 0 aliphatic carbocycles. The molecule has 0 amide bonds. The SMILES string of the molecule is CCn1c(CC(NN)c2sccc2Br)nc2ccccc21. The normalized spacial score (nSPS) is 12.9. The molecule has 3 aromatic rings. The van der Waals surface area contributed by atoms with Gasteiger partial charge in [0.15, 0.2) is 0 Å². The molecule has 3 N–H and O–H groups in total. The first-order chi connectivity index (χ1) is 10.2. The van der Waals surface area contributed by atoms with Crippen molar-refractivity contribution >= 4 is 38.3 Å². The predicted octanol–water partition coefficient (Wildman–Crippen LogP) is 3.63. The van der Waals surface area contributed by atoms with Crippen LogP contribution < -0.4 is 11.3 Å². The van der Waals surface area contributed by atoms with E-state index >= 15 is 0 Å². The van der Waals surface area contributed by atoms with E-state index in [9.17, 15) is 0 Å². The first kappa shape index (κ1) is 14.7. The van der Waals surface area contributed by atoms with E-state index in [1.54, 1.807) is 11.3 Å². The molecule has 1 aromatic carbocycles. The van der Waals surface area contributed by atoms with E-state index in [2.05, 4.69) is 56.4 Å². The molecule has 110 valence electrons.